The van der Waals surface area contributed by atoms with Crippen LogP contribution in [0, 0.1) is 0 Å². The average molecular weight is 317 g/mol. The number of rotatable bonds is 6. The van der Waals surface area contributed by atoms with E-state index in [2.05, 4.69) is 11.1 Å². The van der Waals surface area contributed by atoms with Gasteiger partial charge in [-0.2, -0.15) is 0 Å². The Balaban J connectivity index is 1.88. The number of methoxy groups -OCH3 is 1. The van der Waals surface area contributed by atoms with Crippen LogP contribution in [-0.4, -0.2) is 25.4 Å². The second kappa shape index (κ2) is 6.75. The van der Waals surface area contributed by atoms with Crippen molar-refractivity contribution < 1.29 is 13.9 Å². The zero-order chi connectivity index (χ0) is 15.4. The summed E-state index contributed by atoms with van der Waals surface area (Å²) in [7, 11) is 1.67. The molecule has 3 rings (SSSR count). The molecule has 0 N–H and O–H groups in total. The van der Waals surface area contributed by atoms with Crippen molar-refractivity contribution in [2.45, 2.75) is 6.42 Å². The molecule has 0 amide bonds. The molecule has 114 valence electrons. The van der Waals surface area contributed by atoms with Crippen molar-refractivity contribution in [3.63, 3.8) is 0 Å². The van der Waals surface area contributed by atoms with Crippen LogP contribution in [-0.2, 0) is 0 Å². The molecular weight excluding hydrogens is 301 g/mol. The van der Waals surface area contributed by atoms with Gasteiger partial charge in [0, 0.05) is 28.3 Å². The summed E-state index contributed by atoms with van der Waals surface area (Å²) >= 11 is 1.69. The molecule has 0 saturated carbocycles. The zero-order valence-electron chi connectivity index (χ0n) is 12.2. The first-order chi connectivity index (χ1) is 10.8. The van der Waals surface area contributed by atoms with Gasteiger partial charge in [0.2, 0.25) is 5.88 Å². The number of alkyl halides is 1. The smallest absolute Gasteiger partial charge is 0.213 e. The first-order valence-electron chi connectivity index (χ1n) is 7.03. The molecule has 0 aliphatic carbocycles. The summed E-state index contributed by atoms with van der Waals surface area (Å²) in [6, 6.07) is 12.0. The van der Waals surface area contributed by atoms with Crippen LogP contribution in [0.15, 0.2) is 42.6 Å². The second-order valence-electron chi connectivity index (χ2n) is 4.79. The van der Waals surface area contributed by atoms with Crippen molar-refractivity contribution in [2.75, 3.05) is 20.4 Å². The normalized spacial score (nSPS) is 10.8. The highest BCUT2D eigenvalue weighted by Gasteiger charge is 2.07. The summed E-state index contributed by atoms with van der Waals surface area (Å²) in [4.78, 5) is 5.30. The van der Waals surface area contributed by atoms with Gasteiger partial charge >= 0.3 is 0 Å². The van der Waals surface area contributed by atoms with Crippen LogP contribution in [0.25, 0.3) is 20.5 Å². The Bertz CT molecular complexity index is 772. The maximum Gasteiger partial charge on any atom is 0.213 e. The number of hydrogen-bond acceptors (Lipinski definition) is 4. The summed E-state index contributed by atoms with van der Waals surface area (Å²) in [6.07, 6.45) is 2.10. The predicted molar refractivity (Wildman–Crippen MR) is 87.7 cm³/mol. The molecule has 2 aromatic heterocycles. The van der Waals surface area contributed by atoms with Gasteiger partial charge in [-0.1, -0.05) is 0 Å². The van der Waals surface area contributed by atoms with Crippen LogP contribution >= 0.6 is 11.3 Å². The van der Waals surface area contributed by atoms with Crippen molar-refractivity contribution in [3.8, 4) is 22.1 Å². The Kier molecular flexibility index (Phi) is 4.53. The van der Waals surface area contributed by atoms with Crippen LogP contribution in [0.2, 0.25) is 0 Å². The Morgan fingerprint density at radius 1 is 1.18 bits per heavy atom. The monoisotopic (exact) mass is 317 g/mol. The van der Waals surface area contributed by atoms with Crippen LogP contribution in [0.3, 0.4) is 0 Å². The van der Waals surface area contributed by atoms with E-state index < -0.39 is 0 Å². The lowest BCUT2D eigenvalue weighted by Crippen LogP contribution is -1.99. The number of ether oxygens (including phenoxy) is 2. The second-order valence-corrected chi connectivity index (χ2v) is 5.87. The number of pyridine rings is 1. The van der Waals surface area contributed by atoms with Crippen molar-refractivity contribution in [3.05, 3.63) is 42.6 Å². The molecule has 0 aliphatic rings. The van der Waals surface area contributed by atoms with Gasteiger partial charge in [-0.05, 0) is 41.3 Å². The number of halogens is 1. The third-order valence-corrected chi connectivity index (χ3v) is 4.42. The highest BCUT2D eigenvalue weighted by Crippen LogP contribution is 2.35. The average Bonchev–Trinajstić information content (AvgIpc) is 2.98. The largest absolute Gasteiger partial charge is 0.497 e. The number of nitrogens with zero attached hydrogens (tertiary/aromatic N) is 1. The first kappa shape index (κ1) is 14.8. The summed E-state index contributed by atoms with van der Waals surface area (Å²) in [5, 5.41) is 1.18. The topological polar surface area (TPSA) is 31.4 Å². The molecule has 0 spiro atoms. The number of thiophene rings is 1. The van der Waals surface area contributed by atoms with E-state index in [-0.39, 0.29) is 6.67 Å². The highest BCUT2D eigenvalue weighted by molar-refractivity contribution is 7.22. The van der Waals surface area contributed by atoms with E-state index in [1.807, 2.05) is 30.3 Å². The van der Waals surface area contributed by atoms with E-state index in [0.717, 1.165) is 16.2 Å². The lowest BCUT2D eigenvalue weighted by atomic mass is 10.2. The molecule has 22 heavy (non-hydrogen) atoms. The molecule has 5 heteroatoms. The van der Waals surface area contributed by atoms with E-state index in [0.29, 0.717) is 18.9 Å². The summed E-state index contributed by atoms with van der Waals surface area (Å²) in [5.74, 6) is 1.38. The quantitative estimate of drug-likeness (QED) is 0.617. The van der Waals surface area contributed by atoms with E-state index >= 15 is 0 Å². The number of fused-ring (bicyclic) bond motifs is 1. The molecule has 0 fully saturated rings. The fourth-order valence-electron chi connectivity index (χ4n) is 2.15. The van der Waals surface area contributed by atoms with Crippen LogP contribution < -0.4 is 9.47 Å². The minimum absolute atomic E-state index is 0.344. The lowest BCUT2D eigenvalue weighted by Gasteiger charge is -2.04. The van der Waals surface area contributed by atoms with Gasteiger partial charge in [0.1, 0.15) is 5.75 Å². The molecule has 3 nitrogen and oxygen atoms in total. The fourth-order valence-corrected chi connectivity index (χ4v) is 3.24. The van der Waals surface area contributed by atoms with Crippen LogP contribution in [0.4, 0.5) is 4.39 Å². The Morgan fingerprint density at radius 3 is 2.91 bits per heavy atom. The number of hydrogen-bond donors (Lipinski definition) is 0. The molecular formula is C17H16FNO2S. The third kappa shape index (κ3) is 3.20. The van der Waals surface area contributed by atoms with Gasteiger partial charge in [-0.15, -0.1) is 11.3 Å². The highest BCUT2D eigenvalue weighted by atomic mass is 32.1. The van der Waals surface area contributed by atoms with E-state index in [4.69, 9.17) is 9.47 Å². The minimum Gasteiger partial charge on any atom is -0.497 e. The zero-order valence-corrected chi connectivity index (χ0v) is 13.0. The molecule has 0 radical (unpaired) electrons. The molecule has 0 saturated heterocycles. The van der Waals surface area contributed by atoms with Gasteiger partial charge < -0.3 is 9.47 Å². The minimum atomic E-state index is -0.377. The number of aromatic nitrogens is 1. The molecule has 1 aromatic carbocycles. The maximum atomic E-state index is 12.1. The molecule has 0 aliphatic heterocycles. The molecule has 3 aromatic rings. The SMILES string of the molecule is COc1ccc2cc(-c3ccnc(OCCCF)c3)sc2c1. The lowest BCUT2D eigenvalue weighted by molar-refractivity contribution is 0.280. The van der Waals surface area contributed by atoms with Gasteiger partial charge in [-0.25, -0.2) is 4.98 Å². The predicted octanol–water partition coefficient (Wildman–Crippen LogP) is 4.71. The van der Waals surface area contributed by atoms with Gasteiger partial charge in [0.05, 0.1) is 20.4 Å². The summed E-state index contributed by atoms with van der Waals surface area (Å²) in [6.45, 7) is -0.0333. The first-order valence-corrected chi connectivity index (χ1v) is 7.84. The summed E-state index contributed by atoms with van der Waals surface area (Å²) < 4.78 is 24.0. The number of benzene rings is 1. The van der Waals surface area contributed by atoms with Crippen LogP contribution in [0.5, 0.6) is 11.6 Å². The molecule has 0 bridgehead atoms. The molecule has 0 unspecified atom stereocenters. The third-order valence-electron chi connectivity index (χ3n) is 3.27. The standard InChI is InChI=1S/C17H16FNO2S/c1-20-14-4-3-12-9-15(22-16(12)11-14)13-5-7-19-17(10-13)21-8-2-6-18/h3-5,7,9-11H,2,6,8H2,1H3. The maximum absolute atomic E-state index is 12.1. The Morgan fingerprint density at radius 2 is 2.09 bits per heavy atom. The van der Waals surface area contributed by atoms with Gasteiger partial charge in [0.15, 0.2) is 0 Å². The van der Waals surface area contributed by atoms with Crippen LogP contribution in [0.1, 0.15) is 6.42 Å². The van der Waals surface area contributed by atoms with Crippen molar-refractivity contribution in [2.24, 2.45) is 0 Å². The molecule has 0 atom stereocenters. The van der Waals surface area contributed by atoms with E-state index in [1.165, 1.54) is 10.1 Å². The Hall–Kier alpha value is -2.14. The van der Waals surface area contributed by atoms with E-state index in [1.54, 1.807) is 24.6 Å². The molecule has 2 heterocycles. The van der Waals surface area contributed by atoms with Crippen molar-refractivity contribution >= 4 is 21.4 Å². The van der Waals surface area contributed by atoms with E-state index in [9.17, 15) is 4.39 Å². The van der Waals surface area contributed by atoms with Crippen molar-refractivity contribution in [1.29, 1.82) is 0 Å². The summed E-state index contributed by atoms with van der Waals surface area (Å²) in [5.41, 5.74) is 1.05. The fraction of sp³-hybridized carbons (Fsp3) is 0.235. The van der Waals surface area contributed by atoms with Gasteiger partial charge in [0.25, 0.3) is 0 Å². The van der Waals surface area contributed by atoms with Gasteiger partial charge in [-0.3, -0.25) is 4.39 Å². The van der Waals surface area contributed by atoms with Crippen molar-refractivity contribution in [1.82, 2.24) is 4.98 Å². The Labute approximate surface area is 132 Å².